The van der Waals surface area contributed by atoms with Crippen LogP contribution in [-0.2, 0) is 4.74 Å². The van der Waals surface area contributed by atoms with E-state index in [-0.39, 0.29) is 11.8 Å². The number of ether oxygens (including phenoxy) is 2. The summed E-state index contributed by atoms with van der Waals surface area (Å²) in [6.07, 6.45) is 0.866. The van der Waals surface area contributed by atoms with E-state index in [2.05, 4.69) is 19.8 Å². The average molecular weight is 368 g/mol. The predicted octanol–water partition coefficient (Wildman–Crippen LogP) is 3.23. The summed E-state index contributed by atoms with van der Waals surface area (Å²) in [5, 5.41) is 8.93. The molecular formula is C16H15Cl2N3O3. The van der Waals surface area contributed by atoms with Crippen molar-refractivity contribution in [2.45, 2.75) is 12.5 Å². The smallest absolute Gasteiger partial charge is 0.358 e. The lowest BCUT2D eigenvalue weighted by atomic mass is 10.3. The van der Waals surface area contributed by atoms with Gasteiger partial charge in [-0.05, 0) is 24.3 Å². The van der Waals surface area contributed by atoms with Crippen molar-refractivity contribution in [3.8, 4) is 5.75 Å². The second-order valence-corrected chi connectivity index (χ2v) is 6.13. The summed E-state index contributed by atoms with van der Waals surface area (Å²) in [4.78, 5) is 13.4. The van der Waals surface area contributed by atoms with E-state index in [4.69, 9.17) is 27.9 Å². The minimum absolute atomic E-state index is 0.0179. The van der Waals surface area contributed by atoms with Crippen molar-refractivity contribution in [2.24, 2.45) is 0 Å². The van der Waals surface area contributed by atoms with Gasteiger partial charge in [-0.1, -0.05) is 23.2 Å². The summed E-state index contributed by atoms with van der Waals surface area (Å²) in [5.74, 6) is 0.877. The second-order valence-electron chi connectivity index (χ2n) is 5.32. The number of hydrogen-bond donors (Lipinski definition) is 0. The molecule has 1 aromatic carbocycles. The summed E-state index contributed by atoms with van der Waals surface area (Å²) >= 11 is 11.9. The fourth-order valence-corrected chi connectivity index (χ4v) is 2.77. The highest BCUT2D eigenvalue weighted by atomic mass is 35.5. The molecule has 2 heterocycles. The Balaban J connectivity index is 1.62. The van der Waals surface area contributed by atoms with Gasteiger partial charge >= 0.3 is 5.97 Å². The number of rotatable bonds is 4. The molecule has 0 radical (unpaired) electrons. The van der Waals surface area contributed by atoms with Crippen LogP contribution in [0.4, 0.5) is 5.82 Å². The Morgan fingerprint density at radius 3 is 2.71 bits per heavy atom. The number of carbonyl (C=O) groups excluding carboxylic acids is 1. The van der Waals surface area contributed by atoms with Crippen molar-refractivity contribution in [2.75, 3.05) is 25.1 Å². The summed E-state index contributed by atoms with van der Waals surface area (Å²) < 4.78 is 10.5. The van der Waals surface area contributed by atoms with E-state index >= 15 is 0 Å². The van der Waals surface area contributed by atoms with Gasteiger partial charge in [-0.15, -0.1) is 10.2 Å². The van der Waals surface area contributed by atoms with Gasteiger partial charge < -0.3 is 14.4 Å². The van der Waals surface area contributed by atoms with Gasteiger partial charge in [0.25, 0.3) is 0 Å². The van der Waals surface area contributed by atoms with Crippen LogP contribution in [-0.4, -0.2) is 42.5 Å². The molecule has 0 amide bonds. The number of anilines is 1. The van der Waals surface area contributed by atoms with Crippen molar-refractivity contribution in [1.29, 1.82) is 0 Å². The summed E-state index contributed by atoms with van der Waals surface area (Å²) in [6, 6.07) is 8.56. The third-order valence-electron chi connectivity index (χ3n) is 3.71. The number of halogens is 2. The van der Waals surface area contributed by atoms with Gasteiger partial charge in [0, 0.05) is 19.0 Å². The van der Waals surface area contributed by atoms with Gasteiger partial charge in [-0.25, -0.2) is 4.79 Å². The van der Waals surface area contributed by atoms with Gasteiger partial charge in [0.1, 0.15) is 11.9 Å². The highest BCUT2D eigenvalue weighted by Crippen LogP contribution is 2.28. The lowest BCUT2D eigenvalue weighted by Crippen LogP contribution is -2.25. The number of methoxy groups -OCH3 is 1. The zero-order valence-corrected chi connectivity index (χ0v) is 14.4. The largest absolute Gasteiger partial charge is 0.488 e. The molecule has 0 N–H and O–H groups in total. The molecule has 8 heteroatoms. The zero-order chi connectivity index (χ0) is 17.1. The van der Waals surface area contributed by atoms with Gasteiger partial charge in [0.05, 0.1) is 23.7 Å². The number of hydrogen-bond acceptors (Lipinski definition) is 6. The van der Waals surface area contributed by atoms with Crippen LogP contribution in [0.15, 0.2) is 30.3 Å². The zero-order valence-electron chi connectivity index (χ0n) is 12.9. The molecule has 1 fully saturated rings. The quantitative estimate of drug-likeness (QED) is 0.773. The van der Waals surface area contributed by atoms with Gasteiger partial charge in [0.2, 0.25) is 0 Å². The minimum atomic E-state index is -0.503. The highest BCUT2D eigenvalue weighted by molar-refractivity contribution is 6.42. The predicted molar refractivity (Wildman–Crippen MR) is 91.1 cm³/mol. The molecule has 0 aliphatic carbocycles. The molecule has 0 saturated carbocycles. The van der Waals surface area contributed by atoms with E-state index in [1.807, 2.05) is 0 Å². The summed E-state index contributed by atoms with van der Waals surface area (Å²) in [7, 11) is 1.31. The SMILES string of the molecule is COC(=O)c1ccc(N2CCC(Oc3ccc(Cl)c(Cl)c3)C2)nn1. The van der Waals surface area contributed by atoms with E-state index < -0.39 is 5.97 Å². The molecule has 126 valence electrons. The van der Waals surface area contributed by atoms with Crippen LogP contribution < -0.4 is 9.64 Å². The first-order chi connectivity index (χ1) is 11.6. The average Bonchev–Trinajstić information content (AvgIpc) is 3.06. The third-order valence-corrected chi connectivity index (χ3v) is 4.45. The van der Waals surface area contributed by atoms with E-state index in [0.29, 0.717) is 28.2 Å². The summed E-state index contributed by atoms with van der Waals surface area (Å²) in [5.41, 5.74) is 0.184. The Morgan fingerprint density at radius 1 is 1.21 bits per heavy atom. The second kappa shape index (κ2) is 7.23. The molecular weight excluding hydrogens is 353 g/mol. The van der Waals surface area contributed by atoms with Crippen LogP contribution in [0, 0.1) is 0 Å². The Kier molecular flexibility index (Phi) is 5.06. The minimum Gasteiger partial charge on any atom is -0.488 e. The Hall–Kier alpha value is -2.05. The molecule has 0 bridgehead atoms. The maximum absolute atomic E-state index is 11.4. The number of benzene rings is 1. The van der Waals surface area contributed by atoms with Crippen LogP contribution in [0.5, 0.6) is 5.75 Å². The standard InChI is InChI=1S/C16H15Cl2N3O3/c1-23-16(22)14-4-5-15(20-19-14)21-7-6-11(9-21)24-10-2-3-12(17)13(18)8-10/h2-5,8,11H,6-7,9H2,1H3. The molecule has 0 spiro atoms. The maximum Gasteiger partial charge on any atom is 0.358 e. The van der Waals surface area contributed by atoms with Gasteiger partial charge in [0.15, 0.2) is 11.5 Å². The Labute approximate surface area is 149 Å². The molecule has 3 rings (SSSR count). The number of carbonyl (C=O) groups is 1. The van der Waals surface area contributed by atoms with Gasteiger partial charge in [-0.2, -0.15) is 0 Å². The number of nitrogens with zero attached hydrogens (tertiary/aromatic N) is 3. The van der Waals surface area contributed by atoms with Crippen molar-refractivity contribution in [3.63, 3.8) is 0 Å². The van der Waals surface area contributed by atoms with E-state index in [1.165, 1.54) is 7.11 Å². The monoisotopic (exact) mass is 367 g/mol. The third kappa shape index (κ3) is 3.71. The van der Waals surface area contributed by atoms with Gasteiger partial charge in [-0.3, -0.25) is 0 Å². The lowest BCUT2D eigenvalue weighted by molar-refractivity contribution is 0.0592. The molecule has 24 heavy (non-hydrogen) atoms. The molecule has 1 aliphatic rings. The number of esters is 1. The lowest BCUT2D eigenvalue weighted by Gasteiger charge is -2.17. The van der Waals surface area contributed by atoms with Crippen molar-refractivity contribution < 1.29 is 14.3 Å². The van der Waals surface area contributed by atoms with Crippen molar-refractivity contribution in [3.05, 3.63) is 46.1 Å². The fraction of sp³-hybridized carbons (Fsp3) is 0.312. The van der Waals surface area contributed by atoms with E-state index in [0.717, 1.165) is 13.0 Å². The van der Waals surface area contributed by atoms with Crippen LogP contribution in [0.3, 0.4) is 0 Å². The Bertz CT molecular complexity index is 740. The van der Waals surface area contributed by atoms with E-state index in [9.17, 15) is 4.79 Å². The topological polar surface area (TPSA) is 64.5 Å². The molecule has 1 unspecified atom stereocenters. The van der Waals surface area contributed by atoms with Crippen LogP contribution in [0.1, 0.15) is 16.9 Å². The first kappa shape index (κ1) is 16.8. The Morgan fingerprint density at radius 2 is 2.04 bits per heavy atom. The molecule has 6 nitrogen and oxygen atoms in total. The molecule has 1 atom stereocenters. The number of aromatic nitrogens is 2. The molecule has 1 aromatic heterocycles. The fourth-order valence-electron chi connectivity index (χ4n) is 2.48. The van der Waals surface area contributed by atoms with Crippen LogP contribution in [0.25, 0.3) is 0 Å². The van der Waals surface area contributed by atoms with Crippen LogP contribution >= 0.6 is 23.2 Å². The first-order valence-corrected chi connectivity index (χ1v) is 8.11. The molecule has 1 saturated heterocycles. The summed E-state index contributed by atoms with van der Waals surface area (Å²) in [6.45, 7) is 1.46. The first-order valence-electron chi connectivity index (χ1n) is 7.35. The highest BCUT2D eigenvalue weighted by Gasteiger charge is 2.25. The van der Waals surface area contributed by atoms with E-state index in [1.54, 1.807) is 30.3 Å². The van der Waals surface area contributed by atoms with Crippen molar-refractivity contribution in [1.82, 2.24) is 10.2 Å². The van der Waals surface area contributed by atoms with Crippen LogP contribution in [0.2, 0.25) is 10.0 Å². The maximum atomic E-state index is 11.4. The van der Waals surface area contributed by atoms with Crippen molar-refractivity contribution >= 4 is 35.0 Å². The molecule has 2 aromatic rings. The molecule has 1 aliphatic heterocycles. The normalized spacial score (nSPS) is 17.0.